The van der Waals surface area contributed by atoms with Crippen LogP contribution in [0.4, 0.5) is 32.2 Å². The molecule has 0 fully saturated rings. The number of hydrogen-bond acceptors (Lipinski definition) is 5. The summed E-state index contributed by atoms with van der Waals surface area (Å²) >= 11 is 12.7. The van der Waals surface area contributed by atoms with Gasteiger partial charge in [0.05, 0.1) is 15.4 Å². The van der Waals surface area contributed by atoms with Crippen molar-refractivity contribution in [1.82, 2.24) is 19.7 Å². The summed E-state index contributed by atoms with van der Waals surface area (Å²) in [6.45, 7) is 1.41. The van der Waals surface area contributed by atoms with Crippen molar-refractivity contribution >= 4 is 45.8 Å². The minimum atomic E-state index is -5.29. The van der Waals surface area contributed by atoms with Crippen molar-refractivity contribution in [2.24, 2.45) is 0 Å². The standard InChI is InChI=1S/C21H11Cl2F6N5O/c1-8(35)9-2-4-10(5-3-9)11-6-12(22)15(13(23)7-11)34-17(30)14-16(20(24,25)26)31-19(21(27,28)29)32-18(14)33-34/h2-7H,30H2,1H3. The third kappa shape index (κ3) is 4.50. The summed E-state index contributed by atoms with van der Waals surface area (Å²) < 4.78 is 80.6. The molecule has 35 heavy (non-hydrogen) atoms. The SMILES string of the molecule is CC(=O)c1ccc(-c2cc(Cl)c(-n3nc4nc(C(F)(F)F)nc(C(F)(F)F)c4c3N)c(Cl)c2)cc1. The number of nitrogens with zero attached hydrogens (tertiary/aromatic N) is 4. The van der Waals surface area contributed by atoms with Gasteiger partial charge in [-0.25, -0.2) is 14.6 Å². The second-order valence-electron chi connectivity index (χ2n) is 7.31. The molecule has 0 aliphatic carbocycles. The van der Waals surface area contributed by atoms with Crippen LogP contribution in [0.25, 0.3) is 27.8 Å². The first-order chi connectivity index (χ1) is 16.2. The first kappa shape index (κ1) is 24.7. The Labute approximate surface area is 202 Å². The molecule has 0 amide bonds. The molecule has 4 aromatic rings. The molecule has 0 bridgehead atoms. The van der Waals surface area contributed by atoms with Gasteiger partial charge >= 0.3 is 12.4 Å². The minimum absolute atomic E-state index is 0.111. The van der Waals surface area contributed by atoms with Gasteiger partial charge in [0, 0.05) is 5.56 Å². The molecular formula is C21H11Cl2F6N5O. The predicted octanol–water partition coefficient (Wildman–Crippen LogP) is 6.61. The van der Waals surface area contributed by atoms with Gasteiger partial charge in [-0.05, 0) is 30.2 Å². The van der Waals surface area contributed by atoms with Crippen LogP contribution in [0.2, 0.25) is 10.0 Å². The molecule has 182 valence electrons. The Balaban J connectivity index is 1.91. The fourth-order valence-electron chi connectivity index (χ4n) is 3.35. The molecule has 0 saturated carbocycles. The van der Waals surface area contributed by atoms with Gasteiger partial charge in [-0.3, -0.25) is 4.79 Å². The van der Waals surface area contributed by atoms with Gasteiger partial charge in [0.2, 0.25) is 5.82 Å². The van der Waals surface area contributed by atoms with Crippen LogP contribution >= 0.6 is 23.2 Å². The number of fused-ring (bicyclic) bond motifs is 1. The summed E-state index contributed by atoms with van der Waals surface area (Å²) in [7, 11) is 0. The van der Waals surface area contributed by atoms with Gasteiger partial charge in [0.1, 0.15) is 11.5 Å². The Morgan fingerprint density at radius 3 is 1.97 bits per heavy atom. The van der Waals surface area contributed by atoms with Gasteiger partial charge in [0.25, 0.3) is 0 Å². The topological polar surface area (TPSA) is 86.7 Å². The van der Waals surface area contributed by atoms with Crippen molar-refractivity contribution in [3.63, 3.8) is 0 Å². The highest BCUT2D eigenvalue weighted by Crippen LogP contribution is 2.41. The van der Waals surface area contributed by atoms with Gasteiger partial charge in [-0.1, -0.05) is 47.5 Å². The maximum atomic E-state index is 13.5. The lowest BCUT2D eigenvalue weighted by molar-refractivity contribution is -0.151. The van der Waals surface area contributed by atoms with Crippen LogP contribution in [-0.4, -0.2) is 25.5 Å². The highest BCUT2D eigenvalue weighted by Gasteiger charge is 2.43. The number of benzene rings is 2. The van der Waals surface area contributed by atoms with Crippen LogP contribution in [0.5, 0.6) is 0 Å². The van der Waals surface area contributed by atoms with Gasteiger partial charge in [0.15, 0.2) is 17.1 Å². The highest BCUT2D eigenvalue weighted by atomic mass is 35.5. The number of nitrogens with two attached hydrogens (primary N) is 1. The fourth-order valence-corrected chi connectivity index (χ4v) is 3.99. The lowest BCUT2D eigenvalue weighted by atomic mass is 10.0. The number of halogens is 8. The Hall–Kier alpha value is -3.38. The quantitative estimate of drug-likeness (QED) is 0.236. The minimum Gasteiger partial charge on any atom is -0.383 e. The van der Waals surface area contributed by atoms with E-state index in [9.17, 15) is 31.1 Å². The number of carbonyl (C=O) groups excluding carboxylic acids is 1. The molecule has 0 atom stereocenters. The second kappa shape index (κ2) is 8.38. The monoisotopic (exact) mass is 533 g/mol. The number of rotatable bonds is 3. The first-order valence-electron chi connectivity index (χ1n) is 9.50. The van der Waals surface area contributed by atoms with Crippen LogP contribution in [-0.2, 0) is 12.4 Å². The molecule has 6 nitrogen and oxygen atoms in total. The van der Waals surface area contributed by atoms with E-state index in [2.05, 4.69) is 15.1 Å². The third-order valence-electron chi connectivity index (χ3n) is 4.94. The molecule has 0 unspecified atom stereocenters. The highest BCUT2D eigenvalue weighted by molar-refractivity contribution is 6.38. The smallest absolute Gasteiger partial charge is 0.383 e. The number of nitrogen functional groups attached to an aromatic ring is 1. The van der Waals surface area contributed by atoms with Crippen LogP contribution in [0.3, 0.4) is 0 Å². The van der Waals surface area contributed by atoms with Gasteiger partial charge in [-0.2, -0.15) is 26.3 Å². The number of anilines is 1. The molecule has 0 spiro atoms. The number of hydrogen-bond donors (Lipinski definition) is 1. The Bertz CT molecular complexity index is 1460. The molecule has 14 heteroatoms. The third-order valence-corrected chi connectivity index (χ3v) is 5.52. The summed E-state index contributed by atoms with van der Waals surface area (Å²) in [5.41, 5.74) is 4.42. The van der Waals surface area contributed by atoms with Crippen molar-refractivity contribution in [2.75, 3.05) is 5.73 Å². The van der Waals surface area contributed by atoms with E-state index in [0.29, 0.717) is 21.4 Å². The zero-order valence-corrected chi connectivity index (χ0v) is 18.8. The average Bonchev–Trinajstić information content (AvgIpc) is 3.07. The summed E-state index contributed by atoms with van der Waals surface area (Å²) in [6.07, 6.45) is -10.5. The van der Waals surface area contributed by atoms with E-state index in [1.54, 1.807) is 24.3 Å². The molecule has 0 saturated heterocycles. The zero-order chi connectivity index (χ0) is 25.9. The van der Waals surface area contributed by atoms with E-state index in [1.807, 2.05) is 0 Å². The van der Waals surface area contributed by atoms with E-state index in [0.717, 1.165) is 0 Å². The molecule has 0 radical (unpaired) electrons. The normalized spacial score (nSPS) is 12.4. The molecule has 2 aromatic heterocycles. The van der Waals surface area contributed by atoms with Gasteiger partial charge < -0.3 is 5.73 Å². The van der Waals surface area contributed by atoms with Crippen LogP contribution in [0.15, 0.2) is 36.4 Å². The van der Waals surface area contributed by atoms with Crippen molar-refractivity contribution in [3.05, 3.63) is 63.5 Å². The van der Waals surface area contributed by atoms with Crippen molar-refractivity contribution < 1.29 is 31.1 Å². The van der Waals surface area contributed by atoms with Crippen molar-refractivity contribution in [3.8, 4) is 16.8 Å². The van der Waals surface area contributed by atoms with E-state index in [1.165, 1.54) is 19.1 Å². The maximum absolute atomic E-state index is 13.5. The zero-order valence-electron chi connectivity index (χ0n) is 17.3. The number of Topliss-reactive ketones (excluding diaryl/α,β-unsaturated/α-hetero) is 1. The predicted molar refractivity (Wildman–Crippen MR) is 117 cm³/mol. The largest absolute Gasteiger partial charge is 0.451 e. The van der Waals surface area contributed by atoms with Crippen LogP contribution < -0.4 is 5.73 Å². The Morgan fingerprint density at radius 2 is 1.49 bits per heavy atom. The van der Waals surface area contributed by atoms with E-state index >= 15 is 0 Å². The summed E-state index contributed by atoms with van der Waals surface area (Å²) in [6, 6.07) is 9.27. The molecule has 2 N–H and O–H groups in total. The number of carbonyl (C=O) groups is 1. The average molecular weight is 534 g/mol. The summed E-state index contributed by atoms with van der Waals surface area (Å²) in [5, 5.41) is 2.57. The van der Waals surface area contributed by atoms with Crippen molar-refractivity contribution in [1.29, 1.82) is 0 Å². The molecule has 2 heterocycles. The van der Waals surface area contributed by atoms with E-state index < -0.39 is 40.7 Å². The first-order valence-corrected chi connectivity index (χ1v) is 10.3. The Kier molecular flexibility index (Phi) is 5.92. The number of alkyl halides is 6. The molecule has 0 aliphatic rings. The lowest BCUT2D eigenvalue weighted by Crippen LogP contribution is -2.17. The van der Waals surface area contributed by atoms with E-state index in [4.69, 9.17) is 28.9 Å². The van der Waals surface area contributed by atoms with E-state index in [-0.39, 0.29) is 21.5 Å². The summed E-state index contributed by atoms with van der Waals surface area (Å²) in [4.78, 5) is 17.2. The van der Waals surface area contributed by atoms with Gasteiger partial charge in [-0.15, -0.1) is 5.10 Å². The molecule has 4 rings (SSSR count). The lowest BCUT2D eigenvalue weighted by Gasteiger charge is -2.12. The maximum Gasteiger partial charge on any atom is 0.451 e. The van der Waals surface area contributed by atoms with Crippen LogP contribution in [0, 0.1) is 0 Å². The fraction of sp³-hybridized carbons (Fsp3) is 0.143. The molecular weight excluding hydrogens is 523 g/mol. The second-order valence-corrected chi connectivity index (χ2v) is 8.12. The van der Waals surface area contributed by atoms with Crippen molar-refractivity contribution in [2.45, 2.75) is 19.3 Å². The summed E-state index contributed by atoms with van der Waals surface area (Å²) in [5.74, 6) is -2.87. The molecule has 2 aromatic carbocycles. The van der Waals surface area contributed by atoms with Crippen LogP contribution in [0.1, 0.15) is 28.8 Å². The molecule has 0 aliphatic heterocycles. The Morgan fingerprint density at radius 1 is 0.914 bits per heavy atom. The number of aromatic nitrogens is 4. The number of ketones is 1.